The van der Waals surface area contributed by atoms with Gasteiger partial charge in [0.1, 0.15) is 11.4 Å². The summed E-state index contributed by atoms with van der Waals surface area (Å²) in [7, 11) is 3.27. The molecule has 0 spiro atoms. The summed E-state index contributed by atoms with van der Waals surface area (Å²) >= 11 is 6.85. The van der Waals surface area contributed by atoms with Gasteiger partial charge >= 0.3 is 5.97 Å². The van der Waals surface area contributed by atoms with E-state index >= 15 is 0 Å². The van der Waals surface area contributed by atoms with Gasteiger partial charge in [0, 0.05) is 24.6 Å². The molecule has 36 heavy (non-hydrogen) atoms. The molecule has 4 saturated carbocycles. The highest BCUT2D eigenvalue weighted by Gasteiger charge is 2.51. The van der Waals surface area contributed by atoms with Crippen molar-refractivity contribution in [3.8, 4) is 0 Å². The van der Waals surface area contributed by atoms with Crippen LogP contribution >= 0.6 is 11.6 Å². The number of rotatable bonds is 6. The topological polar surface area (TPSA) is 54.5 Å². The predicted octanol–water partition coefficient (Wildman–Crippen LogP) is 7.50. The van der Waals surface area contributed by atoms with Crippen molar-refractivity contribution in [1.82, 2.24) is 4.98 Å². The van der Waals surface area contributed by atoms with Crippen LogP contribution in [0.25, 0.3) is 0 Å². The molecule has 1 heterocycles. The number of hydrogen-bond donors (Lipinski definition) is 1. The number of aromatic nitrogens is 1. The first-order valence-electron chi connectivity index (χ1n) is 12.9. The average Bonchev–Trinajstić information content (AvgIpc) is 2.88. The van der Waals surface area contributed by atoms with Gasteiger partial charge in [0.2, 0.25) is 0 Å². The van der Waals surface area contributed by atoms with Crippen molar-refractivity contribution >= 4 is 40.5 Å². The summed E-state index contributed by atoms with van der Waals surface area (Å²) in [6.45, 7) is 0. The third-order valence-electron chi connectivity index (χ3n) is 8.64. The summed E-state index contributed by atoms with van der Waals surface area (Å²) in [5.41, 5.74) is 4.89. The molecule has 4 fully saturated rings. The lowest BCUT2D eigenvalue weighted by Gasteiger charge is -2.57. The third-order valence-corrected chi connectivity index (χ3v) is 8.95. The number of carbonyl (C=O) groups excluding carboxylic acids is 1. The minimum Gasteiger partial charge on any atom is -0.465 e. The Kier molecular flexibility index (Phi) is 5.91. The van der Waals surface area contributed by atoms with Crippen molar-refractivity contribution in [1.29, 1.82) is 0 Å². The molecule has 186 valence electrons. The van der Waals surface area contributed by atoms with Crippen LogP contribution in [0.2, 0.25) is 5.02 Å². The maximum Gasteiger partial charge on any atom is 0.341 e. The lowest BCUT2D eigenvalue weighted by Crippen LogP contribution is -2.48. The molecule has 0 unspecified atom stereocenters. The Morgan fingerprint density at radius 2 is 1.75 bits per heavy atom. The Hall–Kier alpha value is -3.05. The van der Waals surface area contributed by atoms with Gasteiger partial charge in [-0.3, -0.25) is 0 Å². The molecule has 1 N–H and O–H groups in total. The monoisotopic (exact) mass is 501 g/mol. The number of esters is 1. The van der Waals surface area contributed by atoms with Gasteiger partial charge in [-0.25, -0.2) is 9.78 Å². The second kappa shape index (κ2) is 9.11. The summed E-state index contributed by atoms with van der Waals surface area (Å²) in [4.78, 5) is 18.5. The van der Waals surface area contributed by atoms with Gasteiger partial charge in [0.15, 0.2) is 0 Å². The number of hydrogen-bond acceptors (Lipinski definition) is 5. The molecule has 0 amide bonds. The summed E-state index contributed by atoms with van der Waals surface area (Å²) < 4.78 is 4.93. The fraction of sp³-hybridized carbons (Fsp3) is 0.400. The highest BCUT2D eigenvalue weighted by atomic mass is 35.5. The molecule has 0 radical (unpaired) electrons. The van der Waals surface area contributed by atoms with Gasteiger partial charge in [0.05, 0.1) is 17.8 Å². The summed E-state index contributed by atoms with van der Waals surface area (Å²) in [6, 6.07) is 18.1. The van der Waals surface area contributed by atoms with Gasteiger partial charge in [-0.15, -0.1) is 0 Å². The zero-order valence-corrected chi connectivity index (χ0v) is 21.6. The number of ether oxygens (including phenoxy) is 1. The van der Waals surface area contributed by atoms with E-state index in [1.54, 1.807) is 18.3 Å². The van der Waals surface area contributed by atoms with E-state index < -0.39 is 5.97 Å². The van der Waals surface area contributed by atoms with E-state index in [2.05, 4.69) is 28.5 Å². The normalized spacial score (nSPS) is 26.0. The van der Waals surface area contributed by atoms with Crippen LogP contribution in [0.4, 0.5) is 22.9 Å². The molecule has 4 bridgehead atoms. The van der Waals surface area contributed by atoms with Crippen LogP contribution in [0.3, 0.4) is 0 Å². The summed E-state index contributed by atoms with van der Waals surface area (Å²) in [5.74, 6) is 2.86. The van der Waals surface area contributed by atoms with E-state index in [4.69, 9.17) is 16.3 Å². The molecule has 0 saturated heterocycles. The van der Waals surface area contributed by atoms with Crippen molar-refractivity contribution in [3.63, 3.8) is 0 Å². The summed E-state index contributed by atoms with van der Waals surface area (Å²) in [5, 5.41) is 4.26. The van der Waals surface area contributed by atoms with E-state index in [0.29, 0.717) is 16.8 Å². The van der Waals surface area contributed by atoms with Crippen molar-refractivity contribution in [2.75, 3.05) is 24.4 Å². The second-order valence-electron chi connectivity index (χ2n) is 11.0. The minimum atomic E-state index is -0.412. The molecule has 2 aromatic carbocycles. The van der Waals surface area contributed by atoms with Crippen LogP contribution in [-0.4, -0.2) is 25.1 Å². The Morgan fingerprint density at radius 3 is 2.42 bits per heavy atom. The first-order chi connectivity index (χ1) is 17.4. The van der Waals surface area contributed by atoms with Crippen LogP contribution in [-0.2, 0) is 10.2 Å². The zero-order chi connectivity index (χ0) is 24.9. The second-order valence-corrected chi connectivity index (χ2v) is 11.4. The SMILES string of the molecule is COC(=O)c1cccnc1N(C)c1cccc(Nc2ccc(C34CC5CC(CC(C5)C3)C4)cc2Cl)c1. The molecule has 3 aromatic rings. The number of pyridine rings is 1. The van der Waals surface area contributed by atoms with Gasteiger partial charge in [-0.05, 0) is 110 Å². The number of carbonyl (C=O) groups is 1. The van der Waals surface area contributed by atoms with Crippen LogP contribution in [0.5, 0.6) is 0 Å². The van der Waals surface area contributed by atoms with Crippen molar-refractivity contribution in [2.45, 2.75) is 43.9 Å². The predicted molar refractivity (Wildman–Crippen MR) is 145 cm³/mol. The lowest BCUT2D eigenvalue weighted by atomic mass is 9.48. The molecule has 0 atom stereocenters. The van der Waals surface area contributed by atoms with E-state index in [0.717, 1.165) is 39.8 Å². The molecule has 4 aliphatic carbocycles. The Labute approximate surface area is 217 Å². The zero-order valence-electron chi connectivity index (χ0n) is 20.8. The van der Waals surface area contributed by atoms with Gasteiger partial charge in [-0.2, -0.15) is 0 Å². The minimum absolute atomic E-state index is 0.333. The molecule has 7 rings (SSSR count). The Morgan fingerprint density at radius 1 is 1.03 bits per heavy atom. The highest BCUT2D eigenvalue weighted by Crippen LogP contribution is 2.61. The number of nitrogens with zero attached hydrogens (tertiary/aromatic N) is 2. The quantitative estimate of drug-likeness (QED) is 0.354. The fourth-order valence-corrected chi connectivity index (χ4v) is 7.64. The maximum absolute atomic E-state index is 12.2. The number of methoxy groups -OCH3 is 1. The molecular weight excluding hydrogens is 470 g/mol. The molecule has 6 heteroatoms. The van der Waals surface area contributed by atoms with E-state index in [1.165, 1.54) is 51.2 Å². The van der Waals surface area contributed by atoms with Crippen LogP contribution in [0, 0.1) is 17.8 Å². The molecule has 4 aliphatic rings. The number of benzene rings is 2. The maximum atomic E-state index is 12.2. The van der Waals surface area contributed by atoms with Crippen molar-refractivity contribution < 1.29 is 9.53 Å². The average molecular weight is 502 g/mol. The van der Waals surface area contributed by atoms with E-state index in [1.807, 2.05) is 36.2 Å². The van der Waals surface area contributed by atoms with E-state index in [-0.39, 0.29) is 0 Å². The molecular formula is C30H32ClN3O2. The third kappa shape index (κ3) is 4.13. The van der Waals surface area contributed by atoms with Crippen LogP contribution in [0.15, 0.2) is 60.8 Å². The first-order valence-corrected chi connectivity index (χ1v) is 13.3. The standard InChI is InChI=1S/C30H32ClN3O2/c1-34(28-25(29(35)36-2)7-4-10-32-28)24-6-3-5-23(15-24)33-27-9-8-22(14-26(27)31)30-16-19-11-20(17-30)13-21(12-19)18-30/h3-10,14-15,19-21,33H,11-13,16-18H2,1-2H3. The number of halogens is 1. The Balaban J connectivity index is 1.23. The van der Waals surface area contributed by atoms with Gasteiger partial charge in [0.25, 0.3) is 0 Å². The van der Waals surface area contributed by atoms with E-state index in [9.17, 15) is 4.79 Å². The van der Waals surface area contributed by atoms with Crippen molar-refractivity contribution in [2.24, 2.45) is 17.8 Å². The van der Waals surface area contributed by atoms with Crippen molar-refractivity contribution in [3.05, 3.63) is 76.9 Å². The molecule has 1 aromatic heterocycles. The summed E-state index contributed by atoms with van der Waals surface area (Å²) in [6.07, 6.45) is 9.99. The largest absolute Gasteiger partial charge is 0.465 e. The number of nitrogens with one attached hydrogen (secondary N) is 1. The lowest BCUT2D eigenvalue weighted by molar-refractivity contribution is -0.00517. The van der Waals surface area contributed by atoms with Crippen LogP contribution < -0.4 is 10.2 Å². The first kappa shape index (κ1) is 23.4. The Bertz CT molecular complexity index is 1270. The molecule has 0 aliphatic heterocycles. The van der Waals surface area contributed by atoms with Crippen LogP contribution in [0.1, 0.15) is 54.4 Å². The smallest absolute Gasteiger partial charge is 0.341 e. The molecule has 5 nitrogen and oxygen atoms in total. The van der Waals surface area contributed by atoms with Gasteiger partial charge < -0.3 is 15.0 Å². The highest BCUT2D eigenvalue weighted by molar-refractivity contribution is 6.33. The van der Waals surface area contributed by atoms with Gasteiger partial charge in [-0.1, -0.05) is 23.7 Å². The number of anilines is 4. The fourth-order valence-electron chi connectivity index (χ4n) is 7.41.